The fraction of sp³-hybridized carbons (Fsp3) is 0.727. The summed E-state index contributed by atoms with van der Waals surface area (Å²) in [5, 5.41) is 13.4. The number of aromatic nitrogens is 2. The zero-order valence-corrected chi connectivity index (χ0v) is 11.6. The molecule has 1 N–H and O–H groups in total. The second-order valence-corrected chi connectivity index (χ2v) is 11.0. The molecule has 0 radical (unpaired) electrons. The number of hydrogen-bond donors (Lipinski definition) is 1. The minimum absolute atomic E-state index is 0.462. The van der Waals surface area contributed by atoms with Crippen LogP contribution in [-0.2, 0) is 11.5 Å². The Kier molecular flexibility index (Phi) is 4.70. The lowest BCUT2D eigenvalue weighted by molar-refractivity contribution is 0.0783. The lowest BCUT2D eigenvalue weighted by Crippen LogP contribution is -2.22. The number of hydrogen-bond acceptors (Lipinski definition) is 3. The average Bonchev–Trinajstić information content (AvgIpc) is 2.59. The summed E-state index contributed by atoms with van der Waals surface area (Å²) in [5.41, 5.74) is 0.828. The van der Waals surface area contributed by atoms with E-state index < -0.39 is 14.2 Å². The third kappa shape index (κ3) is 4.91. The molecule has 0 aliphatic heterocycles. The van der Waals surface area contributed by atoms with E-state index in [0.29, 0.717) is 6.73 Å². The first-order valence-electron chi connectivity index (χ1n) is 5.67. The summed E-state index contributed by atoms with van der Waals surface area (Å²) in [6.45, 7) is 9.98. The predicted molar refractivity (Wildman–Crippen MR) is 67.0 cm³/mol. The molecule has 0 fully saturated rings. The van der Waals surface area contributed by atoms with E-state index in [-0.39, 0.29) is 0 Å². The summed E-state index contributed by atoms with van der Waals surface area (Å²) in [6, 6.07) is 1.16. The first-order valence-corrected chi connectivity index (χ1v) is 9.37. The normalized spacial score (nSPS) is 14.1. The Bertz CT molecular complexity index is 318. The first-order chi connectivity index (χ1) is 7.38. The number of nitrogens with zero attached hydrogens (tertiary/aromatic N) is 2. The van der Waals surface area contributed by atoms with Gasteiger partial charge in [0.1, 0.15) is 6.73 Å². The van der Waals surface area contributed by atoms with E-state index in [4.69, 9.17) is 4.74 Å². The van der Waals surface area contributed by atoms with Gasteiger partial charge < -0.3 is 9.84 Å². The molecule has 1 unspecified atom stereocenters. The maximum absolute atomic E-state index is 9.33. The van der Waals surface area contributed by atoms with Crippen molar-refractivity contribution >= 4 is 8.07 Å². The van der Waals surface area contributed by atoms with Crippen LogP contribution in [0.25, 0.3) is 0 Å². The molecule has 0 amide bonds. The molecule has 16 heavy (non-hydrogen) atoms. The largest absolute Gasteiger partial charge is 0.389 e. The van der Waals surface area contributed by atoms with Gasteiger partial charge in [0, 0.05) is 26.4 Å². The summed E-state index contributed by atoms with van der Waals surface area (Å²) in [5.74, 6) is 0. The Hall–Kier alpha value is -0.653. The highest BCUT2D eigenvalue weighted by Gasteiger charge is 2.12. The second kappa shape index (κ2) is 5.61. The monoisotopic (exact) mass is 242 g/mol. The van der Waals surface area contributed by atoms with Crippen molar-refractivity contribution in [2.75, 3.05) is 6.61 Å². The Labute approximate surface area is 98.2 Å². The van der Waals surface area contributed by atoms with Crippen LogP contribution < -0.4 is 0 Å². The first kappa shape index (κ1) is 13.4. The molecule has 1 aromatic heterocycles. The molecular formula is C11H22N2O2Si. The molecule has 92 valence electrons. The highest BCUT2D eigenvalue weighted by atomic mass is 28.3. The molecule has 5 heteroatoms. The molecule has 1 heterocycles. The van der Waals surface area contributed by atoms with Crippen LogP contribution in [0.5, 0.6) is 0 Å². The third-order valence-corrected chi connectivity index (χ3v) is 4.06. The van der Waals surface area contributed by atoms with Crippen LogP contribution in [0.2, 0.25) is 25.7 Å². The molecule has 4 nitrogen and oxygen atoms in total. The predicted octanol–water partition coefficient (Wildman–Crippen LogP) is 2.25. The maximum atomic E-state index is 9.33. The Morgan fingerprint density at radius 3 is 2.69 bits per heavy atom. The zero-order valence-electron chi connectivity index (χ0n) is 10.6. The molecule has 0 saturated carbocycles. The third-order valence-electron chi connectivity index (χ3n) is 2.36. The molecule has 1 aromatic rings. The van der Waals surface area contributed by atoms with Crippen molar-refractivity contribution in [3.8, 4) is 0 Å². The van der Waals surface area contributed by atoms with Gasteiger partial charge in [-0.2, -0.15) is 5.10 Å². The highest BCUT2D eigenvalue weighted by molar-refractivity contribution is 6.76. The molecule has 0 aliphatic carbocycles. The van der Waals surface area contributed by atoms with Crippen LogP contribution in [0, 0.1) is 0 Å². The van der Waals surface area contributed by atoms with Crippen molar-refractivity contribution in [2.45, 2.75) is 45.4 Å². The Morgan fingerprint density at radius 1 is 1.50 bits per heavy atom. The van der Waals surface area contributed by atoms with Crippen LogP contribution in [0.4, 0.5) is 0 Å². The van der Waals surface area contributed by atoms with Crippen molar-refractivity contribution in [1.82, 2.24) is 9.78 Å². The minimum Gasteiger partial charge on any atom is -0.389 e. The minimum atomic E-state index is -1.00. The van der Waals surface area contributed by atoms with E-state index in [9.17, 15) is 5.11 Å². The zero-order chi connectivity index (χ0) is 12.2. The van der Waals surface area contributed by atoms with Crippen LogP contribution in [0.3, 0.4) is 0 Å². The van der Waals surface area contributed by atoms with Gasteiger partial charge in [-0.1, -0.05) is 19.6 Å². The SMILES string of the molecule is CC(O)c1cnn(COCC[Si](C)(C)C)c1. The molecule has 0 saturated heterocycles. The van der Waals surface area contributed by atoms with Crippen molar-refractivity contribution in [2.24, 2.45) is 0 Å². The van der Waals surface area contributed by atoms with Gasteiger partial charge in [0.2, 0.25) is 0 Å². The molecule has 0 aliphatic rings. The van der Waals surface area contributed by atoms with E-state index >= 15 is 0 Å². The molecular weight excluding hydrogens is 220 g/mol. The summed E-state index contributed by atoms with van der Waals surface area (Å²) in [7, 11) is -1.00. The fourth-order valence-electron chi connectivity index (χ4n) is 1.20. The van der Waals surface area contributed by atoms with Crippen molar-refractivity contribution < 1.29 is 9.84 Å². The second-order valence-electron chi connectivity index (χ2n) is 5.34. The van der Waals surface area contributed by atoms with E-state index in [2.05, 4.69) is 24.7 Å². The van der Waals surface area contributed by atoms with Gasteiger partial charge in [0.15, 0.2) is 0 Å². The van der Waals surface area contributed by atoms with E-state index in [1.54, 1.807) is 17.8 Å². The van der Waals surface area contributed by atoms with Crippen molar-refractivity contribution in [1.29, 1.82) is 0 Å². The van der Waals surface area contributed by atoms with Gasteiger partial charge in [-0.3, -0.25) is 0 Å². The topological polar surface area (TPSA) is 47.3 Å². The summed E-state index contributed by atoms with van der Waals surface area (Å²) in [4.78, 5) is 0. The number of ether oxygens (including phenoxy) is 1. The maximum Gasteiger partial charge on any atom is 0.139 e. The van der Waals surface area contributed by atoms with Gasteiger partial charge in [0.25, 0.3) is 0 Å². The highest BCUT2D eigenvalue weighted by Crippen LogP contribution is 2.10. The van der Waals surface area contributed by atoms with E-state index in [1.807, 2.05) is 6.20 Å². The molecule has 0 bridgehead atoms. The number of aliphatic hydroxyl groups excluding tert-OH is 1. The van der Waals surface area contributed by atoms with Crippen LogP contribution >= 0.6 is 0 Å². The Balaban J connectivity index is 2.27. The lowest BCUT2D eigenvalue weighted by Gasteiger charge is -2.15. The Morgan fingerprint density at radius 2 is 2.19 bits per heavy atom. The lowest BCUT2D eigenvalue weighted by atomic mass is 10.2. The van der Waals surface area contributed by atoms with Crippen LogP contribution in [-0.4, -0.2) is 29.6 Å². The van der Waals surface area contributed by atoms with Gasteiger partial charge in [-0.05, 0) is 13.0 Å². The smallest absolute Gasteiger partial charge is 0.139 e. The summed E-state index contributed by atoms with van der Waals surface area (Å²) in [6.07, 6.45) is 3.03. The van der Waals surface area contributed by atoms with E-state index in [1.165, 1.54) is 0 Å². The van der Waals surface area contributed by atoms with Gasteiger partial charge >= 0.3 is 0 Å². The molecule has 1 atom stereocenters. The summed E-state index contributed by atoms with van der Waals surface area (Å²) < 4.78 is 7.26. The molecule has 1 rings (SSSR count). The van der Waals surface area contributed by atoms with Gasteiger partial charge in [-0.25, -0.2) is 4.68 Å². The van der Waals surface area contributed by atoms with Gasteiger partial charge in [0.05, 0.1) is 12.3 Å². The molecule has 0 aromatic carbocycles. The van der Waals surface area contributed by atoms with E-state index in [0.717, 1.165) is 18.2 Å². The van der Waals surface area contributed by atoms with Gasteiger partial charge in [-0.15, -0.1) is 0 Å². The number of aliphatic hydroxyl groups is 1. The fourth-order valence-corrected chi connectivity index (χ4v) is 1.96. The van der Waals surface area contributed by atoms with Crippen molar-refractivity contribution in [3.63, 3.8) is 0 Å². The number of rotatable bonds is 6. The van der Waals surface area contributed by atoms with Crippen LogP contribution in [0.1, 0.15) is 18.6 Å². The standard InChI is InChI=1S/C11H22N2O2Si/c1-10(14)11-7-12-13(8-11)9-15-5-6-16(2,3)4/h7-8,10,14H,5-6,9H2,1-4H3. The quantitative estimate of drug-likeness (QED) is 0.615. The van der Waals surface area contributed by atoms with Crippen molar-refractivity contribution in [3.05, 3.63) is 18.0 Å². The summed E-state index contributed by atoms with van der Waals surface area (Å²) >= 11 is 0. The van der Waals surface area contributed by atoms with Crippen LogP contribution in [0.15, 0.2) is 12.4 Å². The molecule has 0 spiro atoms. The average molecular weight is 242 g/mol.